The van der Waals surface area contributed by atoms with Crippen molar-refractivity contribution in [2.24, 2.45) is 5.92 Å². The number of anilines is 1. The molecular weight excluding hydrogens is 278 g/mol. The monoisotopic (exact) mass is 297 g/mol. The van der Waals surface area contributed by atoms with Crippen LogP contribution in [0.1, 0.15) is 50.8 Å². The molecule has 1 heterocycles. The molecule has 0 spiro atoms. The van der Waals surface area contributed by atoms with Crippen LogP contribution in [0, 0.1) is 5.92 Å². The van der Waals surface area contributed by atoms with Gasteiger partial charge in [0.25, 0.3) is 0 Å². The van der Waals surface area contributed by atoms with Gasteiger partial charge >= 0.3 is 0 Å². The van der Waals surface area contributed by atoms with Gasteiger partial charge in [0.2, 0.25) is 0 Å². The SMILES string of the molecule is CCC1CCCC(c2ncc(Br)c(NC)n2)C1. The highest BCUT2D eigenvalue weighted by Crippen LogP contribution is 2.36. The van der Waals surface area contributed by atoms with Crippen molar-refractivity contribution in [3.63, 3.8) is 0 Å². The zero-order valence-electron chi connectivity index (χ0n) is 10.5. The van der Waals surface area contributed by atoms with Gasteiger partial charge in [-0.05, 0) is 34.7 Å². The summed E-state index contributed by atoms with van der Waals surface area (Å²) in [5.41, 5.74) is 0. The molecule has 1 aromatic heterocycles. The first-order chi connectivity index (χ1) is 8.24. The predicted octanol–water partition coefficient (Wildman–Crippen LogP) is 3.96. The highest BCUT2D eigenvalue weighted by atomic mass is 79.9. The van der Waals surface area contributed by atoms with Gasteiger partial charge in [-0.15, -0.1) is 0 Å². The van der Waals surface area contributed by atoms with Crippen molar-refractivity contribution in [1.29, 1.82) is 0 Å². The Morgan fingerprint density at radius 2 is 2.29 bits per heavy atom. The number of halogens is 1. The minimum absolute atomic E-state index is 0.550. The largest absolute Gasteiger partial charge is 0.372 e. The zero-order chi connectivity index (χ0) is 12.3. The highest BCUT2D eigenvalue weighted by molar-refractivity contribution is 9.10. The highest BCUT2D eigenvalue weighted by Gasteiger charge is 2.24. The number of nitrogens with zero attached hydrogens (tertiary/aromatic N) is 2. The van der Waals surface area contributed by atoms with Crippen LogP contribution in [0.15, 0.2) is 10.7 Å². The van der Waals surface area contributed by atoms with Crippen LogP contribution in [0.25, 0.3) is 0 Å². The fraction of sp³-hybridized carbons (Fsp3) is 0.692. The third-order valence-electron chi connectivity index (χ3n) is 3.72. The van der Waals surface area contributed by atoms with Crippen LogP contribution in [-0.2, 0) is 0 Å². The average molecular weight is 298 g/mol. The maximum atomic E-state index is 4.61. The van der Waals surface area contributed by atoms with Crippen molar-refractivity contribution in [1.82, 2.24) is 9.97 Å². The molecule has 3 nitrogen and oxygen atoms in total. The molecule has 2 rings (SSSR count). The van der Waals surface area contributed by atoms with Gasteiger partial charge in [0.05, 0.1) is 4.47 Å². The fourth-order valence-electron chi connectivity index (χ4n) is 2.65. The van der Waals surface area contributed by atoms with Gasteiger partial charge < -0.3 is 5.32 Å². The minimum atomic E-state index is 0.550. The van der Waals surface area contributed by atoms with Gasteiger partial charge in [-0.3, -0.25) is 0 Å². The Hall–Kier alpha value is -0.640. The van der Waals surface area contributed by atoms with E-state index in [0.29, 0.717) is 5.92 Å². The summed E-state index contributed by atoms with van der Waals surface area (Å²) in [5, 5.41) is 3.10. The number of nitrogens with one attached hydrogen (secondary N) is 1. The van der Waals surface area contributed by atoms with Gasteiger partial charge in [0.15, 0.2) is 0 Å². The molecular formula is C13H20BrN3. The van der Waals surface area contributed by atoms with E-state index >= 15 is 0 Å². The third kappa shape index (κ3) is 2.97. The normalized spacial score (nSPS) is 24.6. The first-order valence-corrected chi connectivity index (χ1v) is 7.24. The van der Waals surface area contributed by atoms with Crippen LogP contribution in [0.5, 0.6) is 0 Å². The van der Waals surface area contributed by atoms with Crippen molar-refractivity contribution < 1.29 is 0 Å². The number of aromatic nitrogens is 2. The molecule has 1 saturated carbocycles. The van der Waals surface area contributed by atoms with Crippen LogP contribution in [-0.4, -0.2) is 17.0 Å². The molecule has 1 aliphatic carbocycles. The average Bonchev–Trinajstić information content (AvgIpc) is 2.39. The van der Waals surface area contributed by atoms with E-state index in [0.717, 1.165) is 22.0 Å². The standard InChI is InChI=1S/C13H20BrN3/c1-3-9-5-4-6-10(7-9)12-16-8-11(14)13(15-2)17-12/h8-10H,3-7H2,1-2H3,(H,15,16,17). The zero-order valence-corrected chi connectivity index (χ0v) is 12.1. The van der Waals surface area contributed by atoms with Crippen molar-refractivity contribution in [2.45, 2.75) is 44.9 Å². The summed E-state index contributed by atoms with van der Waals surface area (Å²) in [4.78, 5) is 9.10. The Balaban J connectivity index is 2.16. The minimum Gasteiger partial charge on any atom is -0.372 e. The number of rotatable bonds is 3. The third-order valence-corrected chi connectivity index (χ3v) is 4.31. The summed E-state index contributed by atoms with van der Waals surface area (Å²) in [6.45, 7) is 2.29. The topological polar surface area (TPSA) is 37.8 Å². The van der Waals surface area contributed by atoms with Crippen molar-refractivity contribution >= 4 is 21.7 Å². The summed E-state index contributed by atoms with van der Waals surface area (Å²) in [6, 6.07) is 0. The number of hydrogen-bond acceptors (Lipinski definition) is 3. The van der Waals surface area contributed by atoms with Crippen LogP contribution in [0.4, 0.5) is 5.82 Å². The second-order valence-corrected chi connectivity index (χ2v) is 5.67. The van der Waals surface area contributed by atoms with Crippen LogP contribution in [0.3, 0.4) is 0 Å². The first kappa shape index (κ1) is 12.8. The Bertz CT molecular complexity index is 381. The van der Waals surface area contributed by atoms with Crippen molar-refractivity contribution in [2.75, 3.05) is 12.4 Å². The smallest absolute Gasteiger partial charge is 0.143 e. The van der Waals surface area contributed by atoms with Gasteiger partial charge in [-0.25, -0.2) is 9.97 Å². The Labute approximate surface area is 112 Å². The van der Waals surface area contributed by atoms with E-state index < -0.39 is 0 Å². The molecule has 1 aromatic rings. The lowest BCUT2D eigenvalue weighted by Gasteiger charge is -2.27. The maximum absolute atomic E-state index is 4.61. The van der Waals surface area contributed by atoms with E-state index in [2.05, 4.69) is 38.1 Å². The molecule has 17 heavy (non-hydrogen) atoms. The summed E-state index contributed by atoms with van der Waals surface area (Å²) < 4.78 is 0.937. The molecule has 1 aliphatic rings. The lowest BCUT2D eigenvalue weighted by atomic mass is 9.80. The molecule has 0 saturated heterocycles. The molecule has 0 radical (unpaired) electrons. The van der Waals surface area contributed by atoms with E-state index in [9.17, 15) is 0 Å². The Morgan fingerprint density at radius 1 is 1.47 bits per heavy atom. The molecule has 2 unspecified atom stereocenters. The lowest BCUT2D eigenvalue weighted by Crippen LogP contribution is -2.16. The van der Waals surface area contributed by atoms with Crippen molar-refractivity contribution in [3.05, 3.63) is 16.5 Å². The van der Waals surface area contributed by atoms with E-state index in [-0.39, 0.29) is 0 Å². The van der Waals surface area contributed by atoms with E-state index in [1.54, 1.807) is 0 Å². The molecule has 94 valence electrons. The fourth-order valence-corrected chi connectivity index (χ4v) is 3.04. The summed E-state index contributed by atoms with van der Waals surface area (Å²) in [7, 11) is 1.90. The molecule has 0 aromatic carbocycles. The van der Waals surface area contributed by atoms with Crippen LogP contribution >= 0.6 is 15.9 Å². The maximum Gasteiger partial charge on any atom is 0.143 e. The second kappa shape index (κ2) is 5.80. The molecule has 2 atom stereocenters. The quantitative estimate of drug-likeness (QED) is 0.917. The predicted molar refractivity (Wildman–Crippen MR) is 74.3 cm³/mol. The molecule has 4 heteroatoms. The molecule has 0 aliphatic heterocycles. The summed E-state index contributed by atoms with van der Waals surface area (Å²) in [5.74, 6) is 3.32. The first-order valence-electron chi connectivity index (χ1n) is 6.44. The Kier molecular flexibility index (Phi) is 4.37. The number of hydrogen-bond donors (Lipinski definition) is 1. The van der Waals surface area contributed by atoms with E-state index in [1.807, 2.05) is 13.2 Å². The van der Waals surface area contributed by atoms with Crippen LogP contribution < -0.4 is 5.32 Å². The van der Waals surface area contributed by atoms with Crippen LogP contribution in [0.2, 0.25) is 0 Å². The van der Waals surface area contributed by atoms with Gasteiger partial charge in [0.1, 0.15) is 11.6 Å². The van der Waals surface area contributed by atoms with E-state index in [1.165, 1.54) is 32.1 Å². The van der Waals surface area contributed by atoms with Gasteiger partial charge in [-0.1, -0.05) is 26.2 Å². The molecule has 1 N–H and O–H groups in total. The van der Waals surface area contributed by atoms with Gasteiger partial charge in [-0.2, -0.15) is 0 Å². The Morgan fingerprint density at radius 3 is 3.00 bits per heavy atom. The summed E-state index contributed by atoms with van der Waals surface area (Å²) in [6.07, 6.45) is 8.33. The molecule has 0 bridgehead atoms. The lowest BCUT2D eigenvalue weighted by molar-refractivity contribution is 0.307. The second-order valence-electron chi connectivity index (χ2n) is 4.81. The van der Waals surface area contributed by atoms with Crippen molar-refractivity contribution in [3.8, 4) is 0 Å². The van der Waals surface area contributed by atoms with E-state index in [4.69, 9.17) is 0 Å². The molecule has 1 fully saturated rings. The summed E-state index contributed by atoms with van der Waals surface area (Å²) >= 11 is 3.45. The van der Waals surface area contributed by atoms with Gasteiger partial charge in [0, 0.05) is 19.2 Å². The molecule has 0 amide bonds.